The molecule has 0 aromatic rings. The van der Waals surface area contributed by atoms with Crippen LogP contribution in [0.4, 0.5) is 0 Å². The zero-order chi connectivity index (χ0) is 16.5. The number of carbonyl (C=O) groups is 1. The van der Waals surface area contributed by atoms with Crippen LogP contribution in [0.1, 0.15) is 80.1 Å². The number of hydrogen-bond acceptors (Lipinski definition) is 3. The molecule has 0 radical (unpaired) electrons. The maximum atomic E-state index is 11.7. The van der Waals surface area contributed by atoms with Gasteiger partial charge >= 0.3 is 0 Å². The van der Waals surface area contributed by atoms with E-state index >= 15 is 0 Å². The van der Waals surface area contributed by atoms with Crippen LogP contribution in [0.5, 0.6) is 0 Å². The van der Waals surface area contributed by atoms with Crippen LogP contribution in [-0.4, -0.2) is 29.7 Å². The fourth-order valence-corrected chi connectivity index (χ4v) is 2.81. The zero-order valence-corrected chi connectivity index (χ0v) is 14.9. The highest BCUT2D eigenvalue weighted by Crippen LogP contribution is 2.18. The second kappa shape index (κ2) is 10.2. The summed E-state index contributed by atoms with van der Waals surface area (Å²) < 4.78 is 6.01. The van der Waals surface area contributed by atoms with Gasteiger partial charge in [-0.15, -0.1) is 0 Å². The molecular weight excluding hydrogens is 264 g/mol. The minimum Gasteiger partial charge on any atom is -0.375 e. The second-order valence-electron chi connectivity index (χ2n) is 6.81. The molecule has 4 nitrogen and oxygen atoms in total. The Balaban J connectivity index is 4.24. The van der Waals surface area contributed by atoms with Crippen molar-refractivity contribution >= 4 is 5.91 Å². The Kier molecular flexibility index (Phi) is 9.88. The van der Waals surface area contributed by atoms with Crippen molar-refractivity contribution < 1.29 is 9.53 Å². The first-order valence-electron chi connectivity index (χ1n) is 8.44. The highest BCUT2D eigenvalue weighted by atomic mass is 16.5. The van der Waals surface area contributed by atoms with E-state index < -0.39 is 5.54 Å². The smallest absolute Gasteiger partial charge is 0.237 e. The van der Waals surface area contributed by atoms with Gasteiger partial charge < -0.3 is 15.8 Å². The quantitative estimate of drug-likeness (QED) is 0.543. The first-order valence-corrected chi connectivity index (χ1v) is 8.44. The normalized spacial score (nSPS) is 17.5. The maximum absolute atomic E-state index is 11.7. The molecule has 0 bridgehead atoms. The summed E-state index contributed by atoms with van der Waals surface area (Å²) in [5, 5.41) is 3.27. The minimum absolute atomic E-state index is 0.00919. The van der Waals surface area contributed by atoms with E-state index in [2.05, 4.69) is 19.2 Å². The molecule has 3 unspecified atom stereocenters. The van der Waals surface area contributed by atoms with Crippen molar-refractivity contribution in [3.63, 3.8) is 0 Å². The van der Waals surface area contributed by atoms with Crippen molar-refractivity contribution in [2.75, 3.05) is 0 Å². The molecule has 0 aliphatic heterocycles. The van der Waals surface area contributed by atoms with Crippen LogP contribution in [0.2, 0.25) is 0 Å². The molecule has 0 saturated carbocycles. The van der Waals surface area contributed by atoms with E-state index in [-0.39, 0.29) is 24.2 Å². The molecule has 1 amide bonds. The number of nitrogens with one attached hydrogen (secondary N) is 1. The summed E-state index contributed by atoms with van der Waals surface area (Å²) in [4.78, 5) is 11.7. The number of ether oxygens (including phenoxy) is 1. The number of primary amides is 1. The number of amides is 1. The van der Waals surface area contributed by atoms with E-state index in [1.54, 1.807) is 0 Å². The predicted octanol–water partition coefficient (Wildman–Crippen LogP) is 3.38. The third kappa shape index (κ3) is 9.10. The van der Waals surface area contributed by atoms with Crippen LogP contribution in [0, 0.1) is 0 Å². The molecule has 126 valence electrons. The fourth-order valence-electron chi connectivity index (χ4n) is 2.81. The van der Waals surface area contributed by atoms with Gasteiger partial charge in [0.15, 0.2) is 0 Å². The van der Waals surface area contributed by atoms with Crippen molar-refractivity contribution in [3.05, 3.63) is 0 Å². The zero-order valence-electron chi connectivity index (χ0n) is 14.9. The largest absolute Gasteiger partial charge is 0.375 e. The van der Waals surface area contributed by atoms with Crippen LogP contribution < -0.4 is 11.1 Å². The van der Waals surface area contributed by atoms with Gasteiger partial charge in [-0.05, 0) is 41.0 Å². The average molecular weight is 300 g/mol. The lowest BCUT2D eigenvalue weighted by molar-refractivity contribution is -0.126. The van der Waals surface area contributed by atoms with Crippen LogP contribution in [0.25, 0.3) is 0 Å². The molecule has 0 saturated heterocycles. The predicted molar refractivity (Wildman–Crippen MR) is 89.3 cm³/mol. The Labute approximate surface area is 131 Å². The lowest BCUT2D eigenvalue weighted by Crippen LogP contribution is -2.57. The van der Waals surface area contributed by atoms with Crippen molar-refractivity contribution in [3.8, 4) is 0 Å². The lowest BCUT2D eigenvalue weighted by atomic mass is 9.93. The molecule has 0 aliphatic carbocycles. The number of unbranched alkanes of at least 4 members (excludes halogenated alkanes) is 3. The Morgan fingerprint density at radius 3 is 2.24 bits per heavy atom. The third-order valence-electron chi connectivity index (χ3n) is 3.78. The molecule has 0 aromatic heterocycles. The van der Waals surface area contributed by atoms with E-state index in [9.17, 15) is 4.79 Å². The van der Waals surface area contributed by atoms with Gasteiger partial charge in [0.2, 0.25) is 5.91 Å². The summed E-state index contributed by atoms with van der Waals surface area (Å²) in [5.74, 6) is -0.317. The topological polar surface area (TPSA) is 64.3 Å². The highest BCUT2D eigenvalue weighted by molar-refractivity contribution is 5.84. The average Bonchev–Trinajstić information content (AvgIpc) is 2.33. The summed E-state index contributed by atoms with van der Waals surface area (Å²) in [6.45, 7) is 12.2. The molecule has 0 aliphatic rings. The lowest BCUT2D eigenvalue weighted by Gasteiger charge is -2.33. The third-order valence-corrected chi connectivity index (χ3v) is 3.78. The molecule has 0 spiro atoms. The van der Waals surface area contributed by atoms with Crippen molar-refractivity contribution in [1.82, 2.24) is 5.32 Å². The second-order valence-corrected chi connectivity index (χ2v) is 6.81. The Morgan fingerprint density at radius 1 is 1.14 bits per heavy atom. The monoisotopic (exact) mass is 300 g/mol. The highest BCUT2D eigenvalue weighted by Gasteiger charge is 2.33. The summed E-state index contributed by atoms with van der Waals surface area (Å²) in [7, 11) is 0. The molecule has 0 aromatic carbocycles. The number of nitrogens with two attached hydrogens (primary N) is 1. The molecule has 4 heteroatoms. The number of hydrogen-bond donors (Lipinski definition) is 2. The van der Waals surface area contributed by atoms with Crippen LogP contribution in [0.3, 0.4) is 0 Å². The molecule has 0 heterocycles. The first-order chi connectivity index (χ1) is 9.71. The van der Waals surface area contributed by atoms with Gasteiger partial charge in [-0.2, -0.15) is 0 Å². The van der Waals surface area contributed by atoms with Gasteiger partial charge in [-0.1, -0.05) is 32.6 Å². The van der Waals surface area contributed by atoms with Gasteiger partial charge in [-0.3, -0.25) is 4.79 Å². The van der Waals surface area contributed by atoms with E-state index in [4.69, 9.17) is 10.5 Å². The van der Waals surface area contributed by atoms with Crippen molar-refractivity contribution in [1.29, 1.82) is 0 Å². The Morgan fingerprint density at radius 2 is 1.76 bits per heavy atom. The van der Waals surface area contributed by atoms with Gasteiger partial charge in [0, 0.05) is 12.5 Å². The molecule has 3 N–H and O–H groups in total. The minimum atomic E-state index is -0.713. The van der Waals surface area contributed by atoms with Crippen LogP contribution in [-0.2, 0) is 9.53 Å². The Bertz CT molecular complexity index is 295. The van der Waals surface area contributed by atoms with Gasteiger partial charge in [0.1, 0.15) is 0 Å². The summed E-state index contributed by atoms with van der Waals surface area (Å²) in [5.41, 5.74) is 4.84. The maximum Gasteiger partial charge on any atom is 0.237 e. The SMILES string of the molecule is CCCCCCC(C)OC(C)CC(C)(NC(C)C)C(N)=O. The molecule has 21 heavy (non-hydrogen) atoms. The number of rotatable bonds is 12. The van der Waals surface area contributed by atoms with E-state index in [0.717, 1.165) is 6.42 Å². The molecular formula is C17H36N2O2. The fraction of sp³-hybridized carbons (Fsp3) is 0.941. The van der Waals surface area contributed by atoms with E-state index in [1.807, 2.05) is 27.7 Å². The van der Waals surface area contributed by atoms with Crippen LogP contribution in [0.15, 0.2) is 0 Å². The van der Waals surface area contributed by atoms with Gasteiger partial charge in [-0.25, -0.2) is 0 Å². The molecule has 0 fully saturated rings. The van der Waals surface area contributed by atoms with Crippen molar-refractivity contribution in [2.45, 2.75) is 104 Å². The summed E-state index contributed by atoms with van der Waals surface area (Å²) in [6.07, 6.45) is 6.94. The Hall–Kier alpha value is -0.610. The first kappa shape index (κ1) is 20.4. The standard InChI is InChI=1S/C17H36N2O2/c1-7-8-9-10-11-14(4)21-15(5)12-17(6,16(18)20)19-13(2)3/h13-15,19H,7-12H2,1-6H3,(H2,18,20). The number of carbonyl (C=O) groups excluding carboxylic acids is 1. The van der Waals surface area contributed by atoms with Crippen LogP contribution >= 0.6 is 0 Å². The summed E-state index contributed by atoms with van der Waals surface area (Å²) >= 11 is 0. The van der Waals surface area contributed by atoms with Crippen molar-refractivity contribution in [2.24, 2.45) is 5.73 Å². The molecule has 3 atom stereocenters. The summed E-state index contributed by atoms with van der Waals surface area (Å²) in [6, 6.07) is 0.209. The van der Waals surface area contributed by atoms with Gasteiger partial charge in [0.05, 0.1) is 17.7 Å². The van der Waals surface area contributed by atoms with Gasteiger partial charge in [0.25, 0.3) is 0 Å². The van der Waals surface area contributed by atoms with E-state index in [1.165, 1.54) is 25.7 Å². The van der Waals surface area contributed by atoms with E-state index in [0.29, 0.717) is 6.42 Å². The molecule has 0 rings (SSSR count).